The predicted molar refractivity (Wildman–Crippen MR) is 145 cm³/mol. The summed E-state index contributed by atoms with van der Waals surface area (Å²) in [5.41, 5.74) is 0. The van der Waals surface area contributed by atoms with Gasteiger partial charge in [-0.15, -0.1) is 26.3 Å². The van der Waals surface area contributed by atoms with E-state index in [1.807, 2.05) is 12.2 Å². The Morgan fingerprint density at radius 2 is 1.19 bits per heavy atom. The predicted octanol–water partition coefficient (Wildman–Crippen LogP) is 7.46. The van der Waals surface area contributed by atoms with Crippen molar-refractivity contribution in [2.75, 3.05) is 26.2 Å². The quantitative estimate of drug-likeness (QED) is 0.128. The fourth-order valence-corrected chi connectivity index (χ4v) is 2.56. The highest BCUT2D eigenvalue weighted by molar-refractivity contribution is 6.63. The number of halogens is 1. The molecule has 0 atom stereocenters. The van der Waals surface area contributed by atoms with Gasteiger partial charge in [-0.3, -0.25) is 9.59 Å². The Hall–Kier alpha value is -1.65. The second kappa shape index (κ2) is 34.0. The van der Waals surface area contributed by atoms with E-state index in [-0.39, 0.29) is 18.6 Å². The Bertz CT molecular complexity index is 447. The standard InChI is InChI=1S/C13H23NO.C7H13ClO.C6H11N.CH4/c1-4-7-8-9-10-13(15)14(11-5-2)12-6-3;1-2-3-4-5-6-7(8)9;1-3-5-7-6-4-2;/h5-6H,2-4,7-12H2,1H3;2-6H2,1H3;3-4,7H,1-2,5-6H2;1H4. The van der Waals surface area contributed by atoms with Gasteiger partial charge in [0, 0.05) is 39.0 Å². The highest BCUT2D eigenvalue weighted by Crippen LogP contribution is 2.05. The number of nitrogens with one attached hydrogen (secondary N) is 1. The first-order chi connectivity index (χ1) is 14.9. The first-order valence-electron chi connectivity index (χ1n) is 11.5. The SMILES string of the molecule is C.C=CCN(CC=C)C(=O)CCCCCC.C=CCNCC=C.CCCCCCC(=O)Cl. The van der Waals surface area contributed by atoms with Gasteiger partial charge < -0.3 is 10.2 Å². The molecule has 4 nitrogen and oxygen atoms in total. The van der Waals surface area contributed by atoms with Gasteiger partial charge in [-0.25, -0.2) is 0 Å². The van der Waals surface area contributed by atoms with E-state index in [9.17, 15) is 9.59 Å². The lowest BCUT2D eigenvalue weighted by Crippen LogP contribution is -2.30. The van der Waals surface area contributed by atoms with Crippen LogP contribution >= 0.6 is 11.6 Å². The monoisotopic (exact) mass is 470 g/mol. The first-order valence-corrected chi connectivity index (χ1v) is 11.9. The van der Waals surface area contributed by atoms with Crippen molar-refractivity contribution < 1.29 is 9.59 Å². The molecule has 32 heavy (non-hydrogen) atoms. The Morgan fingerprint density at radius 1 is 0.750 bits per heavy atom. The van der Waals surface area contributed by atoms with Crippen molar-refractivity contribution in [3.05, 3.63) is 50.6 Å². The number of carbonyl (C=O) groups is 2. The second-order valence-corrected chi connectivity index (χ2v) is 7.51. The van der Waals surface area contributed by atoms with Gasteiger partial charge in [-0.1, -0.05) is 84.1 Å². The van der Waals surface area contributed by atoms with Gasteiger partial charge in [0.05, 0.1) is 0 Å². The summed E-state index contributed by atoms with van der Waals surface area (Å²) in [7, 11) is 0. The highest BCUT2D eigenvalue weighted by Gasteiger charge is 2.09. The molecule has 0 aromatic carbocycles. The fraction of sp³-hybridized carbons (Fsp3) is 0.630. The van der Waals surface area contributed by atoms with Crippen LogP contribution in [0.4, 0.5) is 0 Å². The van der Waals surface area contributed by atoms with Gasteiger partial charge in [0.15, 0.2) is 0 Å². The van der Waals surface area contributed by atoms with Crippen molar-refractivity contribution in [2.24, 2.45) is 0 Å². The van der Waals surface area contributed by atoms with Crippen molar-refractivity contribution >= 4 is 22.8 Å². The zero-order chi connectivity index (χ0) is 24.2. The van der Waals surface area contributed by atoms with E-state index in [4.69, 9.17) is 11.6 Å². The molecule has 1 N–H and O–H groups in total. The summed E-state index contributed by atoms with van der Waals surface area (Å²) in [6, 6.07) is 0. The van der Waals surface area contributed by atoms with E-state index >= 15 is 0 Å². The van der Waals surface area contributed by atoms with Crippen LogP contribution < -0.4 is 5.32 Å². The smallest absolute Gasteiger partial charge is 0.223 e. The number of carbonyl (C=O) groups excluding carboxylic acids is 2. The Morgan fingerprint density at radius 3 is 1.53 bits per heavy atom. The maximum atomic E-state index is 11.7. The van der Waals surface area contributed by atoms with Gasteiger partial charge in [0.1, 0.15) is 0 Å². The molecule has 0 heterocycles. The van der Waals surface area contributed by atoms with Crippen LogP contribution in [0.2, 0.25) is 0 Å². The van der Waals surface area contributed by atoms with Crippen molar-refractivity contribution in [1.82, 2.24) is 10.2 Å². The molecule has 5 heteroatoms. The number of amides is 1. The number of nitrogens with zero attached hydrogens (tertiary/aromatic N) is 1. The van der Waals surface area contributed by atoms with Crippen LogP contribution in [0.15, 0.2) is 50.6 Å². The van der Waals surface area contributed by atoms with Crippen molar-refractivity contribution in [2.45, 2.75) is 85.5 Å². The summed E-state index contributed by atoms with van der Waals surface area (Å²) in [6.45, 7) is 21.7. The molecule has 0 aliphatic rings. The average Bonchev–Trinajstić information content (AvgIpc) is 2.75. The fourth-order valence-electron chi connectivity index (χ4n) is 2.43. The second-order valence-electron chi connectivity index (χ2n) is 7.09. The van der Waals surface area contributed by atoms with Gasteiger partial charge in [-0.05, 0) is 24.4 Å². The molecule has 0 saturated carbocycles. The normalized spacial score (nSPS) is 8.97. The molecule has 0 bridgehead atoms. The van der Waals surface area contributed by atoms with E-state index < -0.39 is 0 Å². The molecule has 0 fully saturated rings. The Kier molecular flexibility index (Phi) is 40.0. The van der Waals surface area contributed by atoms with Gasteiger partial charge >= 0.3 is 0 Å². The minimum Gasteiger partial charge on any atom is -0.335 e. The third-order valence-electron chi connectivity index (χ3n) is 4.10. The van der Waals surface area contributed by atoms with Gasteiger partial charge in [-0.2, -0.15) is 0 Å². The Balaban J connectivity index is -0.000000198. The molecule has 0 aliphatic heterocycles. The van der Waals surface area contributed by atoms with Crippen LogP contribution in [0.5, 0.6) is 0 Å². The summed E-state index contributed by atoms with van der Waals surface area (Å²) < 4.78 is 0. The van der Waals surface area contributed by atoms with Crippen LogP contribution in [-0.2, 0) is 9.59 Å². The van der Waals surface area contributed by atoms with Crippen LogP contribution in [0.25, 0.3) is 0 Å². The third-order valence-corrected chi connectivity index (χ3v) is 4.29. The lowest BCUT2D eigenvalue weighted by Gasteiger charge is -2.19. The van der Waals surface area contributed by atoms with E-state index in [1.165, 1.54) is 25.7 Å². The molecule has 0 radical (unpaired) electrons. The van der Waals surface area contributed by atoms with E-state index in [0.29, 0.717) is 25.9 Å². The first kappa shape index (κ1) is 37.7. The van der Waals surface area contributed by atoms with E-state index in [2.05, 4.69) is 45.5 Å². The Labute approximate surface area is 204 Å². The van der Waals surface area contributed by atoms with Crippen molar-refractivity contribution in [1.29, 1.82) is 0 Å². The molecule has 0 unspecified atom stereocenters. The summed E-state index contributed by atoms with van der Waals surface area (Å²) in [6.07, 6.45) is 17.4. The molecule has 188 valence electrons. The molecular weight excluding hydrogens is 420 g/mol. The average molecular weight is 471 g/mol. The number of unbranched alkanes of at least 4 members (excludes halogenated alkanes) is 6. The van der Waals surface area contributed by atoms with Crippen LogP contribution in [0.3, 0.4) is 0 Å². The molecule has 0 aromatic heterocycles. The summed E-state index contributed by atoms with van der Waals surface area (Å²) in [5.74, 6) is 0.214. The third kappa shape index (κ3) is 35.8. The minimum atomic E-state index is -0.203. The maximum absolute atomic E-state index is 11.7. The number of hydrogen-bond acceptors (Lipinski definition) is 3. The molecule has 0 saturated heterocycles. The number of rotatable bonds is 18. The molecule has 0 aromatic rings. The summed E-state index contributed by atoms with van der Waals surface area (Å²) in [5, 5.41) is 2.85. The zero-order valence-corrected chi connectivity index (χ0v) is 20.9. The molecule has 0 aliphatic carbocycles. The van der Waals surface area contributed by atoms with Crippen molar-refractivity contribution in [3.8, 4) is 0 Å². The largest absolute Gasteiger partial charge is 0.335 e. The summed E-state index contributed by atoms with van der Waals surface area (Å²) in [4.78, 5) is 23.7. The highest BCUT2D eigenvalue weighted by atomic mass is 35.5. The lowest BCUT2D eigenvalue weighted by molar-refractivity contribution is -0.130. The van der Waals surface area contributed by atoms with Crippen molar-refractivity contribution in [3.63, 3.8) is 0 Å². The topological polar surface area (TPSA) is 49.4 Å². The van der Waals surface area contributed by atoms with E-state index in [0.717, 1.165) is 38.8 Å². The number of hydrogen-bond donors (Lipinski definition) is 1. The maximum Gasteiger partial charge on any atom is 0.223 e. The molecular formula is C27H51ClN2O2. The van der Waals surface area contributed by atoms with Crippen LogP contribution in [0, 0.1) is 0 Å². The lowest BCUT2D eigenvalue weighted by atomic mass is 10.1. The molecule has 0 spiro atoms. The van der Waals surface area contributed by atoms with E-state index in [1.54, 1.807) is 17.1 Å². The van der Waals surface area contributed by atoms with Crippen LogP contribution in [0.1, 0.15) is 85.5 Å². The minimum absolute atomic E-state index is 0. The molecule has 1 amide bonds. The van der Waals surface area contributed by atoms with Crippen LogP contribution in [-0.4, -0.2) is 42.2 Å². The molecule has 0 rings (SSSR count). The van der Waals surface area contributed by atoms with Gasteiger partial charge in [0.2, 0.25) is 11.1 Å². The van der Waals surface area contributed by atoms with Gasteiger partial charge in [0.25, 0.3) is 0 Å². The summed E-state index contributed by atoms with van der Waals surface area (Å²) >= 11 is 5.12. The zero-order valence-electron chi connectivity index (χ0n) is 20.2.